The van der Waals surface area contributed by atoms with Crippen molar-refractivity contribution in [2.45, 2.75) is 50.2 Å². The van der Waals surface area contributed by atoms with Crippen LogP contribution in [0.2, 0.25) is 0 Å². The Balaban J connectivity index is 1.91. The second-order valence-corrected chi connectivity index (χ2v) is 13.6. The molecule has 0 spiro atoms. The van der Waals surface area contributed by atoms with Crippen LogP contribution >= 0.6 is 0 Å². The first-order valence-corrected chi connectivity index (χ1v) is 17.7. The van der Waals surface area contributed by atoms with Crippen LogP contribution in [0.15, 0.2) is 95.9 Å². The molecule has 0 aliphatic carbocycles. The van der Waals surface area contributed by atoms with E-state index in [4.69, 9.17) is 18.9 Å². The minimum Gasteiger partial charge on any atom is -0.497 e. The molecular weight excluding hydrogens is 677 g/mol. The van der Waals surface area contributed by atoms with Crippen molar-refractivity contribution in [3.63, 3.8) is 0 Å². The van der Waals surface area contributed by atoms with Gasteiger partial charge in [-0.3, -0.25) is 13.9 Å². The first kappa shape index (κ1) is 38.5. The lowest BCUT2D eigenvalue weighted by Gasteiger charge is -2.34. The second-order valence-electron chi connectivity index (χ2n) is 11.7. The first-order valence-electron chi connectivity index (χ1n) is 16.3. The summed E-state index contributed by atoms with van der Waals surface area (Å²) in [6.07, 6.45) is 0.701. The molecule has 2 atom stereocenters. The molecule has 2 amide bonds. The molecule has 0 unspecified atom stereocenters. The minimum absolute atomic E-state index is 0.00510. The Kier molecular flexibility index (Phi) is 13.3. The Morgan fingerprint density at radius 1 is 0.804 bits per heavy atom. The van der Waals surface area contributed by atoms with Crippen molar-refractivity contribution in [2.24, 2.45) is 0 Å². The molecule has 0 radical (unpaired) electrons. The van der Waals surface area contributed by atoms with E-state index in [1.165, 1.54) is 81.9 Å². The van der Waals surface area contributed by atoms with Crippen LogP contribution in [0.25, 0.3) is 0 Å². The van der Waals surface area contributed by atoms with Crippen LogP contribution in [-0.2, 0) is 32.6 Å². The highest BCUT2D eigenvalue weighted by Gasteiger charge is 2.36. The van der Waals surface area contributed by atoms with Gasteiger partial charge in [0.05, 0.1) is 39.0 Å². The number of halogens is 1. The van der Waals surface area contributed by atoms with Gasteiger partial charge < -0.3 is 29.2 Å². The summed E-state index contributed by atoms with van der Waals surface area (Å²) in [4.78, 5) is 29.8. The Labute approximate surface area is 298 Å². The summed E-state index contributed by atoms with van der Waals surface area (Å²) >= 11 is 0. The highest BCUT2D eigenvalue weighted by molar-refractivity contribution is 7.92. The fourth-order valence-electron chi connectivity index (χ4n) is 5.41. The van der Waals surface area contributed by atoms with Crippen LogP contribution < -0.4 is 28.6 Å². The van der Waals surface area contributed by atoms with Crippen molar-refractivity contribution in [3.05, 3.63) is 108 Å². The Hall–Kier alpha value is -5.30. The van der Waals surface area contributed by atoms with Crippen molar-refractivity contribution >= 4 is 27.5 Å². The number of carbonyl (C=O) groups excluding carboxylic acids is 2. The van der Waals surface area contributed by atoms with E-state index < -0.39 is 40.2 Å². The fraction of sp³-hybridized carbons (Fsp3) is 0.316. The Morgan fingerprint density at radius 3 is 2.08 bits per heavy atom. The van der Waals surface area contributed by atoms with E-state index in [-0.39, 0.29) is 46.7 Å². The van der Waals surface area contributed by atoms with E-state index >= 15 is 4.39 Å². The maximum atomic E-state index is 15.2. The third-order valence-corrected chi connectivity index (χ3v) is 10.2. The van der Waals surface area contributed by atoms with Crippen molar-refractivity contribution < 1.29 is 41.3 Å². The van der Waals surface area contributed by atoms with E-state index in [2.05, 4.69) is 5.32 Å². The van der Waals surface area contributed by atoms with E-state index in [1.54, 1.807) is 12.1 Å². The molecule has 1 N–H and O–H groups in total. The second kappa shape index (κ2) is 17.6. The van der Waals surface area contributed by atoms with Gasteiger partial charge in [0.2, 0.25) is 11.8 Å². The predicted octanol–water partition coefficient (Wildman–Crippen LogP) is 5.61. The number of hydrogen-bond acceptors (Lipinski definition) is 8. The highest BCUT2D eigenvalue weighted by Crippen LogP contribution is 2.38. The number of rotatable bonds is 17. The number of carbonyl (C=O) groups is 2. The zero-order chi connectivity index (χ0) is 37.1. The van der Waals surface area contributed by atoms with Crippen LogP contribution in [0.3, 0.4) is 0 Å². The zero-order valence-electron chi connectivity index (χ0n) is 29.6. The quantitative estimate of drug-likeness (QED) is 0.149. The normalized spacial score (nSPS) is 12.3. The molecule has 4 rings (SSSR count). The third-order valence-electron chi connectivity index (χ3n) is 8.45. The zero-order valence-corrected chi connectivity index (χ0v) is 30.4. The van der Waals surface area contributed by atoms with Crippen molar-refractivity contribution in [1.29, 1.82) is 0 Å². The van der Waals surface area contributed by atoms with Crippen LogP contribution in [0.5, 0.6) is 23.0 Å². The molecule has 272 valence electrons. The monoisotopic (exact) mass is 721 g/mol. The van der Waals surface area contributed by atoms with Gasteiger partial charge in [0.25, 0.3) is 10.0 Å². The van der Waals surface area contributed by atoms with Gasteiger partial charge in [-0.1, -0.05) is 55.5 Å². The standard InChI is InChI=1S/C38H44FN3O8S/c1-7-26(2)40-38(44)33(21-27-13-9-8-10-14-27)41(24-28-15-11-12-16-31(28)39)37(43)25-42(32-22-29(47-3)17-19-34(32)48-4)51(45,46)30-18-20-35(49-5)36(23-30)50-6/h8-20,22-23,26,33H,7,21,24-25H2,1-6H3,(H,40,44)/t26-,33-/m1/s1. The van der Waals surface area contributed by atoms with Gasteiger partial charge in [0, 0.05) is 36.7 Å². The molecule has 0 bridgehead atoms. The summed E-state index contributed by atoms with van der Waals surface area (Å²) in [6, 6.07) is 22.3. The van der Waals surface area contributed by atoms with E-state index in [1.807, 2.05) is 44.2 Å². The molecule has 0 aromatic heterocycles. The Bertz CT molecular complexity index is 1910. The number of methoxy groups -OCH3 is 4. The average molecular weight is 722 g/mol. The number of benzene rings is 4. The maximum absolute atomic E-state index is 15.2. The third kappa shape index (κ3) is 9.28. The summed E-state index contributed by atoms with van der Waals surface area (Å²) in [5.41, 5.74) is 0.889. The molecule has 0 fully saturated rings. The molecule has 51 heavy (non-hydrogen) atoms. The lowest BCUT2D eigenvalue weighted by atomic mass is 10.0. The van der Waals surface area contributed by atoms with E-state index in [9.17, 15) is 18.0 Å². The van der Waals surface area contributed by atoms with Gasteiger partial charge in [0.1, 0.15) is 29.9 Å². The van der Waals surface area contributed by atoms with Gasteiger partial charge in [-0.15, -0.1) is 0 Å². The van der Waals surface area contributed by atoms with Gasteiger partial charge in [-0.05, 0) is 49.2 Å². The number of ether oxygens (including phenoxy) is 4. The number of nitrogens with one attached hydrogen (secondary N) is 1. The number of nitrogens with zero attached hydrogens (tertiary/aromatic N) is 2. The molecular formula is C38H44FN3O8S. The number of sulfonamides is 1. The summed E-state index contributed by atoms with van der Waals surface area (Å²) < 4.78 is 67.1. The SMILES string of the molecule is CC[C@@H](C)NC(=O)[C@@H](Cc1ccccc1)N(Cc1ccccc1F)C(=O)CN(c1cc(OC)ccc1OC)S(=O)(=O)c1ccc(OC)c(OC)c1. The predicted molar refractivity (Wildman–Crippen MR) is 192 cm³/mol. The minimum atomic E-state index is -4.57. The van der Waals surface area contributed by atoms with E-state index in [0.717, 1.165) is 9.87 Å². The van der Waals surface area contributed by atoms with E-state index in [0.29, 0.717) is 17.9 Å². The average Bonchev–Trinajstić information content (AvgIpc) is 3.15. The van der Waals surface area contributed by atoms with Gasteiger partial charge in [-0.2, -0.15) is 0 Å². The van der Waals surface area contributed by atoms with Gasteiger partial charge >= 0.3 is 0 Å². The largest absolute Gasteiger partial charge is 0.497 e. The summed E-state index contributed by atoms with van der Waals surface area (Å²) in [5, 5.41) is 2.96. The molecule has 0 saturated heterocycles. The lowest BCUT2D eigenvalue weighted by Crippen LogP contribution is -2.54. The van der Waals surface area contributed by atoms with Crippen LogP contribution in [-0.4, -0.2) is 72.2 Å². The number of amides is 2. The molecule has 0 saturated carbocycles. The van der Waals surface area contributed by atoms with Crippen molar-refractivity contribution in [3.8, 4) is 23.0 Å². The summed E-state index contributed by atoms with van der Waals surface area (Å²) in [7, 11) is 1.02. The fourth-order valence-corrected chi connectivity index (χ4v) is 6.85. The van der Waals surface area contributed by atoms with Crippen LogP contribution in [0.1, 0.15) is 31.4 Å². The molecule has 4 aromatic carbocycles. The van der Waals surface area contributed by atoms with Gasteiger partial charge in [-0.25, -0.2) is 12.8 Å². The lowest BCUT2D eigenvalue weighted by molar-refractivity contribution is -0.140. The number of anilines is 1. The molecule has 11 nitrogen and oxygen atoms in total. The maximum Gasteiger partial charge on any atom is 0.265 e. The Morgan fingerprint density at radius 2 is 1.45 bits per heavy atom. The number of hydrogen-bond donors (Lipinski definition) is 1. The smallest absolute Gasteiger partial charge is 0.265 e. The molecule has 4 aromatic rings. The summed E-state index contributed by atoms with van der Waals surface area (Å²) in [6.45, 7) is 2.64. The topological polar surface area (TPSA) is 124 Å². The van der Waals surface area contributed by atoms with Crippen molar-refractivity contribution in [2.75, 3.05) is 39.3 Å². The first-order chi connectivity index (χ1) is 24.5. The van der Waals surface area contributed by atoms with Crippen LogP contribution in [0.4, 0.5) is 10.1 Å². The highest BCUT2D eigenvalue weighted by atomic mass is 32.2. The van der Waals surface area contributed by atoms with Crippen LogP contribution in [0, 0.1) is 5.82 Å². The molecule has 0 aliphatic rings. The molecule has 13 heteroatoms. The van der Waals surface area contributed by atoms with Crippen molar-refractivity contribution in [1.82, 2.24) is 10.2 Å². The molecule has 0 heterocycles. The molecule has 0 aliphatic heterocycles. The summed E-state index contributed by atoms with van der Waals surface area (Å²) in [5.74, 6) is -0.954. The van der Waals surface area contributed by atoms with Gasteiger partial charge in [0.15, 0.2) is 11.5 Å².